The number of benzene rings is 2. The number of hydrogen-bond acceptors (Lipinski definition) is 4. The fourth-order valence-corrected chi connectivity index (χ4v) is 3.63. The Hall–Kier alpha value is -2.90. The zero-order valence-corrected chi connectivity index (χ0v) is 15.1. The van der Waals surface area contributed by atoms with Crippen LogP contribution in [-0.2, 0) is 0 Å². The van der Waals surface area contributed by atoms with Crippen LogP contribution in [0, 0.1) is 11.6 Å². The lowest BCUT2D eigenvalue weighted by Gasteiger charge is -2.02. The van der Waals surface area contributed by atoms with Crippen molar-refractivity contribution in [3.63, 3.8) is 0 Å². The van der Waals surface area contributed by atoms with Gasteiger partial charge in [0.2, 0.25) is 0 Å². The molecule has 27 heavy (non-hydrogen) atoms. The van der Waals surface area contributed by atoms with Crippen molar-refractivity contribution in [2.45, 2.75) is 0 Å². The third-order valence-corrected chi connectivity index (χ3v) is 5.08. The molecule has 4 rings (SSSR count). The molecule has 0 fully saturated rings. The maximum Gasteiger partial charge on any atom is 0.283 e. The third-order valence-electron chi connectivity index (χ3n) is 3.94. The predicted octanol–water partition coefficient (Wildman–Crippen LogP) is 4.94. The highest BCUT2D eigenvalue weighted by atomic mass is 35.5. The van der Waals surface area contributed by atoms with Crippen LogP contribution in [0.15, 0.2) is 64.1 Å². The van der Waals surface area contributed by atoms with Crippen molar-refractivity contribution in [3.05, 3.63) is 86.7 Å². The molecular weight excluding hydrogens is 392 g/mol. The van der Waals surface area contributed by atoms with E-state index in [2.05, 4.69) is 10.1 Å². The largest absolute Gasteiger partial charge is 0.283 e. The number of halogens is 3. The summed E-state index contributed by atoms with van der Waals surface area (Å²) in [6.07, 6.45) is 2.19. The topological polar surface area (TPSA) is 47.2 Å². The van der Waals surface area contributed by atoms with E-state index in [-0.39, 0.29) is 5.56 Å². The van der Waals surface area contributed by atoms with Crippen LogP contribution in [0.5, 0.6) is 0 Å². The van der Waals surface area contributed by atoms with Gasteiger partial charge in [0.25, 0.3) is 5.56 Å². The average Bonchev–Trinajstić information content (AvgIpc) is 3.08. The summed E-state index contributed by atoms with van der Waals surface area (Å²) < 4.78 is 28.4. The molecular formula is C19H10ClF2N3OS. The number of thiophene rings is 1. The highest BCUT2D eigenvalue weighted by Crippen LogP contribution is 2.31. The Balaban J connectivity index is 1.83. The minimum atomic E-state index is -0.766. The number of nitrogens with zero attached hydrogens (tertiary/aromatic N) is 3. The fourth-order valence-electron chi connectivity index (χ4n) is 2.60. The van der Waals surface area contributed by atoms with Crippen LogP contribution in [0.3, 0.4) is 0 Å². The second-order valence-corrected chi connectivity index (χ2v) is 6.91. The van der Waals surface area contributed by atoms with Crippen LogP contribution in [0.2, 0.25) is 5.02 Å². The predicted molar refractivity (Wildman–Crippen MR) is 104 cm³/mol. The van der Waals surface area contributed by atoms with E-state index >= 15 is 0 Å². The molecule has 8 heteroatoms. The number of rotatable bonds is 3. The van der Waals surface area contributed by atoms with Crippen molar-refractivity contribution >= 4 is 39.4 Å². The average molecular weight is 402 g/mol. The zero-order chi connectivity index (χ0) is 19.0. The first-order valence-electron chi connectivity index (χ1n) is 7.78. The lowest BCUT2D eigenvalue weighted by atomic mass is 10.1. The van der Waals surface area contributed by atoms with Crippen molar-refractivity contribution in [2.24, 2.45) is 5.10 Å². The summed E-state index contributed by atoms with van der Waals surface area (Å²) in [5.41, 5.74) is 0.754. The quantitative estimate of drug-likeness (QED) is 0.456. The van der Waals surface area contributed by atoms with Crippen LogP contribution in [0.4, 0.5) is 8.78 Å². The van der Waals surface area contributed by atoms with Gasteiger partial charge < -0.3 is 0 Å². The summed E-state index contributed by atoms with van der Waals surface area (Å²) in [5.74, 6) is -1.53. The van der Waals surface area contributed by atoms with Crippen molar-refractivity contribution in [1.29, 1.82) is 0 Å². The van der Waals surface area contributed by atoms with E-state index in [9.17, 15) is 13.6 Å². The van der Waals surface area contributed by atoms with Crippen LogP contribution in [0.1, 0.15) is 5.56 Å². The Morgan fingerprint density at radius 1 is 1.11 bits per heavy atom. The highest BCUT2D eigenvalue weighted by molar-refractivity contribution is 7.17. The number of fused-ring (bicyclic) bond motifs is 1. The standard InChI is InChI=1S/C19H10ClF2N3OS/c20-12-6-4-11(5-7-12)14-9-27-18-17(14)19(26)25(10-23-18)24-8-13-15(21)2-1-3-16(13)22/h1-10H. The summed E-state index contributed by atoms with van der Waals surface area (Å²) >= 11 is 7.24. The molecule has 0 saturated heterocycles. The van der Waals surface area contributed by atoms with Crippen LogP contribution >= 0.6 is 22.9 Å². The summed E-state index contributed by atoms with van der Waals surface area (Å²) in [6, 6.07) is 10.6. The van der Waals surface area contributed by atoms with Gasteiger partial charge in [-0.3, -0.25) is 4.79 Å². The Kier molecular flexibility index (Phi) is 4.55. The van der Waals surface area contributed by atoms with E-state index in [0.29, 0.717) is 20.8 Å². The second-order valence-electron chi connectivity index (χ2n) is 5.61. The fraction of sp³-hybridized carbons (Fsp3) is 0. The molecule has 0 unspecified atom stereocenters. The molecule has 2 heterocycles. The molecule has 0 bridgehead atoms. The van der Waals surface area contributed by atoms with E-state index in [1.165, 1.54) is 23.7 Å². The van der Waals surface area contributed by atoms with Gasteiger partial charge in [-0.05, 0) is 29.8 Å². The molecule has 2 aromatic heterocycles. The first-order chi connectivity index (χ1) is 13.0. The lowest BCUT2D eigenvalue weighted by Crippen LogP contribution is -2.17. The molecule has 0 saturated carbocycles. The minimum Gasteiger partial charge on any atom is -0.267 e. The normalized spacial score (nSPS) is 11.5. The molecule has 0 spiro atoms. The molecule has 0 aliphatic carbocycles. The summed E-state index contributed by atoms with van der Waals surface area (Å²) in [6.45, 7) is 0. The molecule has 0 aliphatic rings. The van der Waals surface area contributed by atoms with Crippen LogP contribution < -0.4 is 5.56 Å². The summed E-state index contributed by atoms with van der Waals surface area (Å²) in [7, 11) is 0. The third kappa shape index (κ3) is 3.27. The number of hydrogen-bond donors (Lipinski definition) is 0. The first-order valence-corrected chi connectivity index (χ1v) is 9.03. The van der Waals surface area contributed by atoms with E-state index in [0.717, 1.165) is 28.6 Å². The van der Waals surface area contributed by atoms with Gasteiger partial charge in [0.15, 0.2) is 0 Å². The summed E-state index contributed by atoms with van der Waals surface area (Å²) in [5, 5.41) is 6.70. The van der Waals surface area contributed by atoms with Crippen LogP contribution in [-0.4, -0.2) is 15.9 Å². The van der Waals surface area contributed by atoms with E-state index < -0.39 is 17.2 Å². The zero-order valence-electron chi connectivity index (χ0n) is 13.6. The van der Waals surface area contributed by atoms with Gasteiger partial charge in [-0.2, -0.15) is 9.78 Å². The Bertz CT molecular complexity index is 1210. The van der Waals surface area contributed by atoms with Crippen molar-refractivity contribution in [2.75, 3.05) is 0 Å². The van der Waals surface area contributed by atoms with Crippen molar-refractivity contribution in [3.8, 4) is 11.1 Å². The van der Waals surface area contributed by atoms with Gasteiger partial charge in [-0.15, -0.1) is 11.3 Å². The van der Waals surface area contributed by atoms with Crippen molar-refractivity contribution in [1.82, 2.24) is 9.66 Å². The van der Waals surface area contributed by atoms with Crippen molar-refractivity contribution < 1.29 is 8.78 Å². The smallest absolute Gasteiger partial charge is 0.267 e. The minimum absolute atomic E-state index is 0.326. The Morgan fingerprint density at radius 3 is 2.52 bits per heavy atom. The Labute approximate surface area is 161 Å². The first kappa shape index (κ1) is 17.5. The lowest BCUT2D eigenvalue weighted by molar-refractivity contribution is 0.579. The molecule has 2 aromatic carbocycles. The molecule has 4 nitrogen and oxygen atoms in total. The maximum absolute atomic E-state index is 13.7. The molecule has 4 aromatic rings. The molecule has 0 atom stereocenters. The monoisotopic (exact) mass is 401 g/mol. The SMILES string of the molecule is O=c1c2c(-c3ccc(Cl)cc3)csc2ncn1N=Cc1c(F)cccc1F. The molecule has 0 N–H and O–H groups in total. The molecule has 0 radical (unpaired) electrons. The van der Waals surface area contributed by atoms with E-state index in [1.807, 2.05) is 5.38 Å². The van der Waals surface area contributed by atoms with Gasteiger partial charge in [0.05, 0.1) is 17.2 Å². The maximum atomic E-state index is 13.7. The molecule has 0 amide bonds. The van der Waals surface area contributed by atoms with E-state index in [4.69, 9.17) is 11.6 Å². The van der Waals surface area contributed by atoms with Gasteiger partial charge >= 0.3 is 0 Å². The van der Waals surface area contributed by atoms with Gasteiger partial charge in [-0.25, -0.2) is 13.8 Å². The summed E-state index contributed by atoms with van der Waals surface area (Å²) in [4.78, 5) is 17.6. The molecule has 0 aliphatic heterocycles. The molecule has 134 valence electrons. The Morgan fingerprint density at radius 2 is 1.81 bits per heavy atom. The van der Waals surface area contributed by atoms with Gasteiger partial charge in [0, 0.05) is 16.0 Å². The second kappa shape index (κ2) is 7.02. The van der Waals surface area contributed by atoms with Gasteiger partial charge in [0.1, 0.15) is 22.8 Å². The number of aromatic nitrogens is 2. The van der Waals surface area contributed by atoms with E-state index in [1.54, 1.807) is 24.3 Å². The highest BCUT2D eigenvalue weighted by Gasteiger charge is 2.13. The van der Waals surface area contributed by atoms with Gasteiger partial charge in [-0.1, -0.05) is 29.8 Å². The van der Waals surface area contributed by atoms with Crippen LogP contribution in [0.25, 0.3) is 21.3 Å².